The van der Waals surface area contributed by atoms with Crippen LogP contribution in [0.2, 0.25) is 19.1 Å². The van der Waals surface area contributed by atoms with Crippen molar-refractivity contribution in [1.29, 1.82) is 0 Å². The highest BCUT2D eigenvalue weighted by molar-refractivity contribution is 6.71. The summed E-state index contributed by atoms with van der Waals surface area (Å²) in [7, 11) is -1.44. The molecule has 0 heterocycles. The zero-order valence-electron chi connectivity index (χ0n) is 30.3. The highest BCUT2D eigenvalue weighted by Gasteiger charge is 2.28. The minimum absolute atomic E-state index is 0.0253. The summed E-state index contributed by atoms with van der Waals surface area (Å²) in [6.07, 6.45) is 10.8. The third-order valence-electron chi connectivity index (χ3n) is 6.02. The average Bonchev–Trinajstić information content (AvgIpc) is 2.52. The average molecular weight is 543 g/mol. The van der Waals surface area contributed by atoms with Gasteiger partial charge in [-0.05, 0) is 99.1 Å². The van der Waals surface area contributed by atoms with Gasteiger partial charge in [0.05, 0.1) is 0 Å². The Bertz CT molecular complexity index is 515. The summed E-state index contributed by atoms with van der Waals surface area (Å²) in [4.78, 5) is 0. The zero-order valence-corrected chi connectivity index (χ0v) is 31.3. The van der Waals surface area contributed by atoms with Crippen LogP contribution < -0.4 is 0 Å². The molecule has 228 valence electrons. The Morgan fingerprint density at radius 3 is 0.838 bits per heavy atom. The Morgan fingerprint density at radius 1 is 0.378 bits per heavy atom. The topological polar surface area (TPSA) is 9.23 Å². The molecule has 0 aliphatic carbocycles. The molecule has 0 aromatic heterocycles. The number of rotatable bonds is 8. The summed E-state index contributed by atoms with van der Waals surface area (Å²) in [5.41, 5.74) is 2.56. The van der Waals surface area contributed by atoms with Gasteiger partial charge in [0, 0.05) is 5.60 Å². The molecular formula is C35H78OSi. The molecule has 0 spiro atoms. The molecule has 0 atom stereocenters. The van der Waals surface area contributed by atoms with Crippen LogP contribution >= 0.6 is 0 Å². The van der Waals surface area contributed by atoms with E-state index in [0.717, 1.165) is 0 Å². The van der Waals surface area contributed by atoms with Crippen molar-refractivity contribution in [2.75, 3.05) is 0 Å². The van der Waals surface area contributed by atoms with E-state index in [2.05, 4.69) is 138 Å². The summed E-state index contributed by atoms with van der Waals surface area (Å²) in [5, 5.41) is 0. The zero-order chi connectivity index (χ0) is 30.6. The van der Waals surface area contributed by atoms with Gasteiger partial charge in [0.2, 0.25) is 0 Å². The van der Waals surface area contributed by atoms with Gasteiger partial charge in [-0.15, -0.1) is 0 Å². The molecule has 0 saturated carbocycles. The molecule has 0 aliphatic heterocycles. The fourth-order valence-electron chi connectivity index (χ4n) is 3.99. The first kappa shape index (κ1) is 41.7. The monoisotopic (exact) mass is 543 g/mol. The lowest BCUT2D eigenvalue weighted by atomic mass is 9.81. The van der Waals surface area contributed by atoms with Gasteiger partial charge in [-0.1, -0.05) is 123 Å². The first-order valence-electron chi connectivity index (χ1n) is 15.5. The van der Waals surface area contributed by atoms with Crippen molar-refractivity contribution in [2.45, 2.75) is 201 Å². The molecule has 1 nitrogen and oxygen atoms in total. The van der Waals surface area contributed by atoms with Crippen molar-refractivity contribution in [3.63, 3.8) is 0 Å². The standard InChI is InChI=1S/C13H30OSi.C12H26.C10H22/c1-12(2,3)10-9-11-15(7,8)14-13(4,5)6;1-11(2,3)9-7-8-10-12(4,5)6;1-9(2,3)7-8-10(4,5)6/h9-11H2,1-8H3;7-10H2,1-6H3;7-8H2,1-6H3. The SMILES string of the molecule is CC(C)(C)CCC(C)(C)C.CC(C)(C)CCCCC(C)(C)C.CC(C)(C)CCC[Si](C)(C)OC(C)(C)C. The van der Waals surface area contributed by atoms with Gasteiger partial charge in [-0.2, -0.15) is 0 Å². The van der Waals surface area contributed by atoms with Gasteiger partial charge >= 0.3 is 0 Å². The van der Waals surface area contributed by atoms with Crippen LogP contribution in [0, 0.1) is 27.1 Å². The van der Waals surface area contributed by atoms with Gasteiger partial charge in [0.1, 0.15) is 0 Å². The van der Waals surface area contributed by atoms with Crippen molar-refractivity contribution in [2.24, 2.45) is 27.1 Å². The lowest BCUT2D eigenvalue weighted by molar-refractivity contribution is 0.119. The van der Waals surface area contributed by atoms with Crippen molar-refractivity contribution in [1.82, 2.24) is 0 Å². The van der Waals surface area contributed by atoms with E-state index < -0.39 is 8.32 Å². The number of hydrogen-bond acceptors (Lipinski definition) is 1. The van der Waals surface area contributed by atoms with Gasteiger partial charge in [-0.25, -0.2) is 0 Å². The smallest absolute Gasteiger partial charge is 0.187 e. The van der Waals surface area contributed by atoms with E-state index in [0.29, 0.717) is 27.1 Å². The molecule has 0 aromatic carbocycles. The fourth-order valence-corrected chi connectivity index (χ4v) is 6.77. The quantitative estimate of drug-likeness (QED) is 0.219. The minimum Gasteiger partial charge on any atom is -0.413 e. The van der Waals surface area contributed by atoms with E-state index in [4.69, 9.17) is 4.43 Å². The maximum atomic E-state index is 6.18. The molecule has 0 aliphatic rings. The maximum absolute atomic E-state index is 6.18. The Hall–Kier alpha value is 0.177. The molecular weight excluding hydrogens is 464 g/mol. The second kappa shape index (κ2) is 16.4. The molecule has 0 unspecified atom stereocenters. The third-order valence-corrected chi connectivity index (χ3v) is 8.74. The highest BCUT2D eigenvalue weighted by Crippen LogP contribution is 2.30. The molecule has 37 heavy (non-hydrogen) atoms. The van der Waals surface area contributed by atoms with E-state index in [9.17, 15) is 0 Å². The summed E-state index contributed by atoms with van der Waals surface area (Å²) < 4.78 is 6.18. The second-order valence-electron chi connectivity index (χ2n) is 19.3. The van der Waals surface area contributed by atoms with E-state index in [-0.39, 0.29) is 5.60 Å². The molecule has 2 heteroatoms. The fraction of sp³-hybridized carbons (Fsp3) is 1.00. The van der Waals surface area contributed by atoms with E-state index in [1.165, 1.54) is 57.4 Å². The molecule has 0 saturated heterocycles. The van der Waals surface area contributed by atoms with Crippen molar-refractivity contribution >= 4 is 8.32 Å². The van der Waals surface area contributed by atoms with Crippen molar-refractivity contribution < 1.29 is 4.43 Å². The summed E-state index contributed by atoms with van der Waals surface area (Å²) >= 11 is 0. The summed E-state index contributed by atoms with van der Waals surface area (Å²) in [6.45, 7) is 45.8. The van der Waals surface area contributed by atoms with Crippen LogP contribution in [0.1, 0.15) is 176 Å². The Kier molecular flexibility index (Phi) is 18.5. The van der Waals surface area contributed by atoms with E-state index in [1.807, 2.05) is 0 Å². The maximum Gasteiger partial charge on any atom is 0.187 e. The Labute approximate surface area is 240 Å². The Balaban J connectivity index is -0.000000479. The predicted octanol–water partition coefficient (Wildman–Crippen LogP) is 13.3. The van der Waals surface area contributed by atoms with Crippen LogP contribution in [-0.2, 0) is 4.43 Å². The summed E-state index contributed by atoms with van der Waals surface area (Å²) in [6, 6.07) is 1.28. The van der Waals surface area contributed by atoms with Crippen LogP contribution in [0.4, 0.5) is 0 Å². The third kappa shape index (κ3) is 46.4. The molecule has 0 aromatic rings. The van der Waals surface area contributed by atoms with Crippen molar-refractivity contribution in [3.8, 4) is 0 Å². The van der Waals surface area contributed by atoms with Crippen LogP contribution in [0.3, 0.4) is 0 Å². The molecule has 0 fully saturated rings. The highest BCUT2D eigenvalue weighted by atomic mass is 28.4. The van der Waals surface area contributed by atoms with Gasteiger partial charge in [0.15, 0.2) is 8.32 Å². The second-order valence-corrected chi connectivity index (χ2v) is 23.6. The molecule has 0 N–H and O–H groups in total. The van der Waals surface area contributed by atoms with Gasteiger partial charge in [0.25, 0.3) is 0 Å². The molecule has 0 rings (SSSR count). The molecule has 0 radical (unpaired) electrons. The Morgan fingerprint density at radius 2 is 0.622 bits per heavy atom. The lowest BCUT2D eigenvalue weighted by Gasteiger charge is -2.33. The number of unbranched alkanes of at least 4 members (excludes halogenated alkanes) is 1. The normalized spacial score (nSPS) is 13.9. The van der Waals surface area contributed by atoms with Gasteiger partial charge < -0.3 is 4.43 Å². The van der Waals surface area contributed by atoms with Gasteiger partial charge in [-0.3, -0.25) is 0 Å². The summed E-state index contributed by atoms with van der Waals surface area (Å²) in [5.74, 6) is 0. The molecule has 0 amide bonds. The largest absolute Gasteiger partial charge is 0.413 e. The van der Waals surface area contributed by atoms with Crippen molar-refractivity contribution in [3.05, 3.63) is 0 Å². The van der Waals surface area contributed by atoms with Crippen LogP contribution in [-0.4, -0.2) is 13.9 Å². The molecule has 0 bridgehead atoms. The van der Waals surface area contributed by atoms with Crippen LogP contribution in [0.15, 0.2) is 0 Å². The van der Waals surface area contributed by atoms with E-state index in [1.54, 1.807) is 0 Å². The predicted molar refractivity (Wildman–Crippen MR) is 177 cm³/mol. The first-order valence-corrected chi connectivity index (χ1v) is 18.6. The first-order chi connectivity index (χ1) is 15.8. The van der Waals surface area contributed by atoms with Crippen LogP contribution in [0.5, 0.6) is 0 Å². The minimum atomic E-state index is -1.44. The van der Waals surface area contributed by atoms with E-state index >= 15 is 0 Å². The lowest BCUT2D eigenvalue weighted by Crippen LogP contribution is -2.39. The number of hydrogen-bond donors (Lipinski definition) is 0. The van der Waals surface area contributed by atoms with Crippen LogP contribution in [0.25, 0.3) is 0 Å².